The molecule has 1 saturated heterocycles. The summed E-state index contributed by atoms with van der Waals surface area (Å²) in [4.78, 5) is 51.2. The fraction of sp³-hybridized carbons (Fsp3) is 0.143. The summed E-state index contributed by atoms with van der Waals surface area (Å²) in [5, 5.41) is 2.76. The zero-order chi connectivity index (χ0) is 28.1. The molecule has 1 aliphatic heterocycles. The number of nitrogens with one attached hydrogen (secondary N) is 1. The van der Waals surface area contributed by atoms with E-state index in [1.165, 1.54) is 37.5 Å². The SMILES string of the molecule is CCOC(=O)c1ccc(N2C(=O)NC(=O)/C(=C\c3cc(I)c(OCc4ccccc4Cl)c(OC)c3)C2=O)cc1. The van der Waals surface area contributed by atoms with Gasteiger partial charge in [0, 0.05) is 10.6 Å². The van der Waals surface area contributed by atoms with Gasteiger partial charge >= 0.3 is 12.0 Å². The van der Waals surface area contributed by atoms with Crippen LogP contribution in [-0.2, 0) is 20.9 Å². The number of urea groups is 1. The van der Waals surface area contributed by atoms with Gasteiger partial charge in [-0.05, 0) is 83.6 Å². The molecular formula is C28H22ClIN2O7. The minimum Gasteiger partial charge on any atom is -0.493 e. The lowest BCUT2D eigenvalue weighted by Crippen LogP contribution is -2.54. The Morgan fingerprint density at radius 2 is 1.79 bits per heavy atom. The molecule has 0 bridgehead atoms. The fourth-order valence-electron chi connectivity index (χ4n) is 3.75. The Hall–Kier alpha value is -3.90. The third kappa shape index (κ3) is 6.23. The molecule has 0 aliphatic carbocycles. The topological polar surface area (TPSA) is 111 Å². The molecule has 3 aromatic rings. The normalized spacial score (nSPS) is 14.3. The summed E-state index contributed by atoms with van der Waals surface area (Å²) < 4.78 is 17.1. The van der Waals surface area contributed by atoms with Crippen molar-refractivity contribution >= 4 is 69.8 Å². The number of nitrogens with zero attached hydrogens (tertiary/aromatic N) is 1. The maximum Gasteiger partial charge on any atom is 0.338 e. The first-order valence-corrected chi connectivity index (χ1v) is 13.1. The molecule has 0 spiro atoms. The number of hydrogen-bond donors (Lipinski definition) is 1. The van der Waals surface area contributed by atoms with E-state index in [9.17, 15) is 19.2 Å². The van der Waals surface area contributed by atoms with Gasteiger partial charge in [0.1, 0.15) is 12.2 Å². The fourth-order valence-corrected chi connectivity index (χ4v) is 4.72. The van der Waals surface area contributed by atoms with Gasteiger partial charge in [-0.3, -0.25) is 14.9 Å². The molecule has 0 saturated carbocycles. The van der Waals surface area contributed by atoms with E-state index in [-0.39, 0.29) is 30.0 Å². The van der Waals surface area contributed by atoms with Crippen LogP contribution < -0.4 is 19.7 Å². The zero-order valence-electron chi connectivity index (χ0n) is 20.8. The molecule has 3 aromatic carbocycles. The van der Waals surface area contributed by atoms with Crippen LogP contribution in [0.1, 0.15) is 28.4 Å². The second-order valence-electron chi connectivity index (χ2n) is 8.14. The Morgan fingerprint density at radius 3 is 2.46 bits per heavy atom. The number of halogens is 2. The monoisotopic (exact) mass is 660 g/mol. The van der Waals surface area contributed by atoms with Crippen molar-refractivity contribution in [3.05, 3.63) is 91.5 Å². The van der Waals surface area contributed by atoms with Gasteiger partial charge in [-0.25, -0.2) is 14.5 Å². The second-order valence-corrected chi connectivity index (χ2v) is 9.71. The molecule has 4 amide bonds. The Morgan fingerprint density at radius 1 is 1.08 bits per heavy atom. The van der Waals surface area contributed by atoms with Crippen molar-refractivity contribution in [2.24, 2.45) is 0 Å². The van der Waals surface area contributed by atoms with Crippen LogP contribution in [0.15, 0.2) is 66.2 Å². The third-order valence-electron chi connectivity index (χ3n) is 5.63. The lowest BCUT2D eigenvalue weighted by Gasteiger charge is -2.26. The third-order valence-corrected chi connectivity index (χ3v) is 6.80. The summed E-state index contributed by atoms with van der Waals surface area (Å²) in [5.74, 6) is -1.33. The predicted octanol–water partition coefficient (Wildman–Crippen LogP) is 5.38. The zero-order valence-corrected chi connectivity index (χ0v) is 23.7. The maximum absolute atomic E-state index is 13.3. The number of anilines is 1. The van der Waals surface area contributed by atoms with Gasteiger partial charge in [-0.15, -0.1) is 0 Å². The van der Waals surface area contributed by atoms with E-state index in [1.807, 2.05) is 18.2 Å². The molecule has 1 fully saturated rings. The summed E-state index contributed by atoms with van der Waals surface area (Å²) in [6, 6.07) is 15.5. The quantitative estimate of drug-likeness (QED) is 0.150. The molecule has 4 rings (SSSR count). The molecule has 11 heteroatoms. The van der Waals surface area contributed by atoms with Crippen molar-refractivity contribution in [3.8, 4) is 11.5 Å². The largest absolute Gasteiger partial charge is 0.493 e. The highest BCUT2D eigenvalue weighted by Gasteiger charge is 2.37. The van der Waals surface area contributed by atoms with E-state index in [0.717, 1.165) is 10.5 Å². The molecule has 0 unspecified atom stereocenters. The summed E-state index contributed by atoms with van der Waals surface area (Å²) in [6.45, 7) is 2.10. The molecule has 1 N–H and O–H groups in total. The van der Waals surface area contributed by atoms with Crippen LogP contribution in [-0.4, -0.2) is 37.5 Å². The Kier molecular flexibility index (Phi) is 8.87. The molecule has 39 heavy (non-hydrogen) atoms. The number of benzene rings is 3. The number of methoxy groups -OCH3 is 1. The van der Waals surface area contributed by atoms with Crippen molar-refractivity contribution in [3.63, 3.8) is 0 Å². The Balaban J connectivity index is 1.61. The first-order chi connectivity index (χ1) is 18.7. The highest BCUT2D eigenvalue weighted by molar-refractivity contribution is 14.1. The van der Waals surface area contributed by atoms with Crippen LogP contribution in [0.4, 0.5) is 10.5 Å². The van der Waals surface area contributed by atoms with Gasteiger partial charge in [0.2, 0.25) is 0 Å². The van der Waals surface area contributed by atoms with E-state index in [4.69, 9.17) is 25.8 Å². The van der Waals surface area contributed by atoms with Crippen LogP contribution >= 0.6 is 34.2 Å². The van der Waals surface area contributed by atoms with Gasteiger partial charge < -0.3 is 14.2 Å². The summed E-state index contributed by atoms with van der Waals surface area (Å²) in [6.07, 6.45) is 1.37. The highest BCUT2D eigenvalue weighted by atomic mass is 127. The van der Waals surface area contributed by atoms with Gasteiger partial charge in [-0.1, -0.05) is 29.8 Å². The highest BCUT2D eigenvalue weighted by Crippen LogP contribution is 2.36. The first kappa shape index (κ1) is 28.1. The molecule has 0 atom stereocenters. The minimum absolute atomic E-state index is 0.180. The molecule has 1 aliphatic rings. The van der Waals surface area contributed by atoms with Crippen LogP contribution in [0.2, 0.25) is 5.02 Å². The summed E-state index contributed by atoms with van der Waals surface area (Å²) >= 11 is 8.29. The van der Waals surface area contributed by atoms with Gasteiger partial charge in [0.15, 0.2) is 11.5 Å². The van der Waals surface area contributed by atoms with Crippen LogP contribution in [0.25, 0.3) is 6.08 Å². The number of barbiturate groups is 1. The van der Waals surface area contributed by atoms with Crippen LogP contribution in [0.3, 0.4) is 0 Å². The molecule has 9 nitrogen and oxygen atoms in total. The standard InChI is InChI=1S/C28H22ClIN2O7/c1-3-38-27(35)17-8-10-19(11-9-17)32-26(34)20(25(33)31-28(32)36)12-16-13-22(30)24(23(14-16)37-2)39-15-18-6-4-5-7-21(18)29/h4-14H,3,15H2,1-2H3,(H,31,33,36)/b20-12+. The van der Waals surface area contributed by atoms with Gasteiger partial charge in [-0.2, -0.15) is 0 Å². The van der Waals surface area contributed by atoms with Crippen LogP contribution in [0.5, 0.6) is 11.5 Å². The van der Waals surface area contributed by atoms with E-state index in [1.54, 1.807) is 25.1 Å². The second kappa shape index (κ2) is 12.3. The number of carbonyl (C=O) groups excluding carboxylic acids is 4. The average molecular weight is 661 g/mol. The lowest BCUT2D eigenvalue weighted by atomic mass is 10.1. The van der Waals surface area contributed by atoms with Gasteiger partial charge in [0.25, 0.3) is 11.8 Å². The number of carbonyl (C=O) groups is 4. The van der Waals surface area contributed by atoms with Crippen molar-refractivity contribution in [1.29, 1.82) is 0 Å². The average Bonchev–Trinajstić information content (AvgIpc) is 2.91. The number of amides is 4. The molecule has 0 radical (unpaired) electrons. The van der Waals surface area contributed by atoms with E-state index >= 15 is 0 Å². The predicted molar refractivity (Wildman–Crippen MR) is 153 cm³/mol. The summed E-state index contributed by atoms with van der Waals surface area (Å²) in [5.41, 5.74) is 1.46. The number of esters is 1. The van der Waals surface area contributed by atoms with Crippen molar-refractivity contribution in [1.82, 2.24) is 5.32 Å². The van der Waals surface area contributed by atoms with E-state index in [2.05, 4.69) is 27.9 Å². The van der Waals surface area contributed by atoms with Gasteiger partial charge in [0.05, 0.1) is 28.5 Å². The summed E-state index contributed by atoms with van der Waals surface area (Å²) in [7, 11) is 1.48. The molecule has 1 heterocycles. The molecular weight excluding hydrogens is 639 g/mol. The Labute approximate surface area is 242 Å². The minimum atomic E-state index is -0.901. The smallest absolute Gasteiger partial charge is 0.338 e. The van der Waals surface area contributed by atoms with Crippen molar-refractivity contribution < 1.29 is 33.4 Å². The molecule has 200 valence electrons. The first-order valence-electron chi connectivity index (χ1n) is 11.7. The number of rotatable bonds is 8. The number of hydrogen-bond acceptors (Lipinski definition) is 7. The van der Waals surface area contributed by atoms with E-state index in [0.29, 0.717) is 25.7 Å². The van der Waals surface area contributed by atoms with Crippen LogP contribution in [0, 0.1) is 3.57 Å². The maximum atomic E-state index is 13.3. The Bertz CT molecular complexity index is 1490. The van der Waals surface area contributed by atoms with E-state index < -0.39 is 23.8 Å². The molecule has 0 aromatic heterocycles. The number of imide groups is 2. The van der Waals surface area contributed by atoms with Crippen molar-refractivity contribution in [2.45, 2.75) is 13.5 Å². The number of ether oxygens (including phenoxy) is 3. The lowest BCUT2D eigenvalue weighted by molar-refractivity contribution is -0.122. The van der Waals surface area contributed by atoms with Crippen molar-refractivity contribution in [2.75, 3.05) is 18.6 Å².